The Kier molecular flexibility index (Phi) is 6.58. The number of amides is 1. The zero-order valence-electron chi connectivity index (χ0n) is 17.1. The zero-order chi connectivity index (χ0) is 25.3. The highest BCUT2D eigenvalue weighted by Crippen LogP contribution is 2.39. The summed E-state index contributed by atoms with van der Waals surface area (Å²) in [6, 6.07) is 8.24. The van der Waals surface area contributed by atoms with Crippen molar-refractivity contribution in [1.29, 1.82) is 0 Å². The van der Waals surface area contributed by atoms with Crippen LogP contribution in [0, 0.1) is 12.5 Å². The second-order valence-corrected chi connectivity index (χ2v) is 9.02. The largest absolute Gasteiger partial charge is 0.452 e. The van der Waals surface area contributed by atoms with Gasteiger partial charge in [0.1, 0.15) is 5.58 Å². The van der Waals surface area contributed by atoms with Crippen molar-refractivity contribution in [2.24, 2.45) is 0 Å². The maximum absolute atomic E-state index is 13.2. The van der Waals surface area contributed by atoms with Crippen molar-refractivity contribution >= 4 is 72.6 Å². The molecule has 0 aliphatic heterocycles. The van der Waals surface area contributed by atoms with Gasteiger partial charge in [-0.15, -0.1) is 0 Å². The molecule has 9 nitrogen and oxygen atoms in total. The lowest BCUT2D eigenvalue weighted by Crippen LogP contribution is -2.25. The van der Waals surface area contributed by atoms with Crippen LogP contribution in [-0.4, -0.2) is 25.9 Å². The van der Waals surface area contributed by atoms with E-state index < -0.39 is 22.7 Å². The average Bonchev–Trinajstić information content (AvgIpc) is 3.15. The Hall–Kier alpha value is -3.79. The Morgan fingerprint density at radius 3 is 2.54 bits per heavy atom. The minimum absolute atomic E-state index is 0.0222. The van der Waals surface area contributed by atoms with Gasteiger partial charge in [-0.1, -0.05) is 29.6 Å². The van der Waals surface area contributed by atoms with Gasteiger partial charge in [-0.3, -0.25) is 14.5 Å². The molecule has 0 saturated carbocycles. The molecule has 4 rings (SSSR count). The number of hydrogen-bond acceptors (Lipinski definition) is 6. The van der Waals surface area contributed by atoms with Crippen molar-refractivity contribution in [2.75, 3.05) is 10.0 Å². The zero-order valence-corrected chi connectivity index (χ0v) is 19.4. The fourth-order valence-electron chi connectivity index (χ4n) is 3.27. The SMILES string of the molecule is C#CNS(=O)(=O)Nc1ccc2oc3c(OC(F)F)ccc(C(=O)Nc4c(Cl)cncc4Cl)c3c2c1. The number of carbonyl (C=O) groups excluding carboxylic acids is 1. The molecule has 35 heavy (non-hydrogen) atoms. The minimum Gasteiger partial charge on any atom is -0.452 e. The summed E-state index contributed by atoms with van der Waals surface area (Å²) in [5, 5.41) is 2.98. The number of halogens is 4. The monoisotopic (exact) mass is 540 g/mol. The second kappa shape index (κ2) is 9.46. The summed E-state index contributed by atoms with van der Waals surface area (Å²) < 4.78 is 64.1. The Balaban J connectivity index is 1.89. The molecule has 0 spiro atoms. The molecule has 3 N–H and O–H groups in total. The van der Waals surface area contributed by atoms with Gasteiger partial charge in [0.15, 0.2) is 11.3 Å². The van der Waals surface area contributed by atoms with Gasteiger partial charge in [0.05, 0.1) is 27.0 Å². The number of nitrogens with zero attached hydrogens (tertiary/aromatic N) is 1. The lowest BCUT2D eigenvalue weighted by Gasteiger charge is -2.11. The van der Waals surface area contributed by atoms with Crippen LogP contribution < -0.4 is 19.5 Å². The third-order valence-electron chi connectivity index (χ3n) is 4.58. The van der Waals surface area contributed by atoms with E-state index in [1.807, 2.05) is 4.72 Å². The van der Waals surface area contributed by atoms with E-state index in [4.69, 9.17) is 34.0 Å². The number of carbonyl (C=O) groups is 1. The summed E-state index contributed by atoms with van der Waals surface area (Å²) in [5.74, 6) is -1.05. The van der Waals surface area contributed by atoms with Crippen LogP contribution in [0.15, 0.2) is 47.1 Å². The molecule has 0 saturated heterocycles. The van der Waals surface area contributed by atoms with Crippen LogP contribution in [0.1, 0.15) is 10.4 Å². The summed E-state index contributed by atoms with van der Waals surface area (Å²) in [7, 11) is -4.10. The van der Waals surface area contributed by atoms with E-state index >= 15 is 0 Å². The van der Waals surface area contributed by atoms with Gasteiger partial charge in [0.25, 0.3) is 5.91 Å². The van der Waals surface area contributed by atoms with Crippen molar-refractivity contribution in [3.63, 3.8) is 0 Å². The summed E-state index contributed by atoms with van der Waals surface area (Å²) in [6.07, 6.45) is 7.52. The van der Waals surface area contributed by atoms with E-state index in [0.717, 1.165) is 6.07 Å². The first kappa shape index (κ1) is 24.3. The molecule has 0 unspecified atom stereocenters. The Bertz CT molecular complexity index is 1600. The molecular formula is C21H12Cl2F2N4O5S. The number of furan rings is 1. The number of fused-ring (bicyclic) bond motifs is 3. The van der Waals surface area contributed by atoms with Crippen LogP contribution in [0.25, 0.3) is 21.9 Å². The fourth-order valence-corrected chi connectivity index (χ4v) is 4.37. The van der Waals surface area contributed by atoms with Gasteiger partial charge in [-0.05, 0) is 30.3 Å². The van der Waals surface area contributed by atoms with Crippen LogP contribution in [0.2, 0.25) is 10.0 Å². The first-order valence-corrected chi connectivity index (χ1v) is 11.6. The molecule has 1 amide bonds. The molecule has 0 radical (unpaired) electrons. The van der Waals surface area contributed by atoms with E-state index in [1.54, 1.807) is 6.04 Å². The van der Waals surface area contributed by atoms with Gasteiger partial charge < -0.3 is 14.5 Å². The van der Waals surface area contributed by atoms with Gasteiger partial charge in [0.2, 0.25) is 0 Å². The predicted molar refractivity (Wildman–Crippen MR) is 127 cm³/mol. The third kappa shape index (κ3) is 5.02. The molecule has 0 bridgehead atoms. The van der Waals surface area contributed by atoms with Crippen molar-refractivity contribution in [3.05, 3.63) is 58.3 Å². The molecular weight excluding hydrogens is 529 g/mol. The summed E-state index contributed by atoms with van der Waals surface area (Å²) >= 11 is 12.2. The number of anilines is 2. The number of ether oxygens (including phenoxy) is 1. The number of nitrogens with one attached hydrogen (secondary N) is 3. The number of aromatic nitrogens is 1. The third-order valence-corrected chi connectivity index (χ3v) is 6.04. The highest BCUT2D eigenvalue weighted by atomic mass is 35.5. The minimum atomic E-state index is -4.10. The molecule has 14 heteroatoms. The van der Waals surface area contributed by atoms with Crippen LogP contribution in [0.3, 0.4) is 0 Å². The van der Waals surface area contributed by atoms with Gasteiger partial charge in [0, 0.05) is 29.2 Å². The number of pyridine rings is 1. The maximum atomic E-state index is 13.2. The number of alkyl halides is 2. The number of terminal acetylenes is 1. The van der Waals surface area contributed by atoms with E-state index in [0.29, 0.717) is 0 Å². The average molecular weight is 541 g/mol. The predicted octanol–water partition coefficient (Wildman–Crippen LogP) is 4.98. The van der Waals surface area contributed by atoms with E-state index in [9.17, 15) is 22.0 Å². The lowest BCUT2D eigenvalue weighted by molar-refractivity contribution is -0.0493. The number of hydrogen-bond donors (Lipinski definition) is 3. The van der Waals surface area contributed by atoms with E-state index in [-0.39, 0.29) is 54.7 Å². The smallest absolute Gasteiger partial charge is 0.387 e. The summed E-state index contributed by atoms with van der Waals surface area (Å²) in [4.78, 5) is 17.0. The standard InChI is InChI=1S/C21H12Cl2F2N4O5S/c1-2-27-35(31,32)29-10-3-5-15-12(7-10)17-11(4-6-16(19(17)33-15)34-21(24)25)20(30)28-18-13(22)8-26-9-14(18)23/h1,3-9,21,27,29H,(H,26,28,30). The molecule has 180 valence electrons. The topological polar surface area (TPSA) is 123 Å². The Labute approximate surface area is 206 Å². The van der Waals surface area contributed by atoms with Crippen molar-refractivity contribution in [2.45, 2.75) is 6.61 Å². The van der Waals surface area contributed by atoms with Gasteiger partial charge in [-0.25, -0.2) is 4.72 Å². The van der Waals surface area contributed by atoms with Crippen LogP contribution in [-0.2, 0) is 10.2 Å². The van der Waals surface area contributed by atoms with Crippen molar-refractivity contribution in [3.8, 4) is 18.2 Å². The quantitative estimate of drug-likeness (QED) is 0.224. The second-order valence-electron chi connectivity index (χ2n) is 6.79. The van der Waals surface area contributed by atoms with E-state index in [1.165, 1.54) is 36.7 Å². The first-order chi connectivity index (χ1) is 16.6. The maximum Gasteiger partial charge on any atom is 0.387 e. The van der Waals surface area contributed by atoms with Crippen LogP contribution >= 0.6 is 23.2 Å². The first-order valence-electron chi connectivity index (χ1n) is 9.39. The molecule has 0 atom stereocenters. The molecule has 0 fully saturated rings. The van der Waals surface area contributed by atoms with Gasteiger partial charge >= 0.3 is 16.8 Å². The number of benzene rings is 2. The lowest BCUT2D eigenvalue weighted by atomic mass is 10.0. The van der Waals surface area contributed by atoms with Gasteiger partial charge in [-0.2, -0.15) is 17.2 Å². The Morgan fingerprint density at radius 1 is 1.17 bits per heavy atom. The molecule has 0 aliphatic rings. The van der Waals surface area contributed by atoms with Crippen LogP contribution in [0.4, 0.5) is 20.2 Å². The molecule has 4 aromatic rings. The normalized spacial score (nSPS) is 11.4. The number of rotatable bonds is 7. The molecule has 2 heterocycles. The summed E-state index contributed by atoms with van der Waals surface area (Å²) in [6.45, 7) is -3.17. The highest BCUT2D eigenvalue weighted by Gasteiger charge is 2.23. The fraction of sp³-hybridized carbons (Fsp3) is 0.0476. The molecule has 2 aromatic heterocycles. The highest BCUT2D eigenvalue weighted by molar-refractivity contribution is 7.90. The van der Waals surface area contributed by atoms with Crippen LogP contribution in [0.5, 0.6) is 5.75 Å². The molecule has 2 aromatic carbocycles. The van der Waals surface area contributed by atoms with E-state index in [2.05, 4.69) is 19.8 Å². The summed E-state index contributed by atoms with van der Waals surface area (Å²) in [5.41, 5.74) is 0.102. The molecule has 0 aliphatic carbocycles. The van der Waals surface area contributed by atoms with Crippen molar-refractivity contribution < 1.29 is 31.1 Å². The van der Waals surface area contributed by atoms with Crippen molar-refractivity contribution in [1.82, 2.24) is 9.71 Å². The Morgan fingerprint density at radius 2 is 1.89 bits per heavy atom.